The average molecular weight is 283 g/mol. The Labute approximate surface area is 105 Å². The number of thioether (sulfide) groups is 1. The quantitative estimate of drug-likeness (QED) is 0.744. The van der Waals surface area contributed by atoms with E-state index in [1.807, 2.05) is 6.26 Å². The molecule has 4 N–H and O–H groups in total. The number of hydrogen-bond donors (Lipinski definition) is 3. The number of anilines is 1. The number of nitrogens with one attached hydrogen (secondary N) is 2. The molecule has 0 aromatic carbocycles. The van der Waals surface area contributed by atoms with Gasteiger partial charge in [0, 0.05) is 0 Å². The molecule has 0 saturated carbocycles. The third kappa shape index (κ3) is 4.18. The third-order valence-corrected chi connectivity index (χ3v) is 2.60. The number of rotatable bonds is 5. The van der Waals surface area contributed by atoms with Gasteiger partial charge in [-0.15, -0.1) is 5.10 Å². The molecular weight excluding hydrogens is 271 g/mol. The molecule has 10 heteroatoms. The summed E-state index contributed by atoms with van der Waals surface area (Å²) in [5.74, 6) is -1.64. The zero-order valence-corrected chi connectivity index (χ0v) is 10.2. The predicted octanol–water partition coefficient (Wildman–Crippen LogP) is 0.842. The molecule has 6 nitrogen and oxygen atoms in total. The average Bonchev–Trinajstić information content (AvgIpc) is 2.73. The van der Waals surface area contributed by atoms with Crippen molar-refractivity contribution in [2.24, 2.45) is 5.73 Å². The molecule has 1 unspecified atom stereocenters. The zero-order chi connectivity index (χ0) is 13.8. The van der Waals surface area contributed by atoms with Gasteiger partial charge in [0.25, 0.3) is 0 Å². The molecule has 1 aromatic rings. The Balaban J connectivity index is 2.57. The Bertz CT molecular complexity index is 408. The summed E-state index contributed by atoms with van der Waals surface area (Å²) in [4.78, 5) is 14.6. The maximum absolute atomic E-state index is 12.2. The van der Waals surface area contributed by atoms with Crippen LogP contribution in [0.4, 0.5) is 19.1 Å². The van der Waals surface area contributed by atoms with Gasteiger partial charge in [-0.25, -0.2) is 0 Å². The Kier molecular flexibility index (Phi) is 4.96. The van der Waals surface area contributed by atoms with Gasteiger partial charge in [0.05, 0.1) is 6.04 Å². The van der Waals surface area contributed by atoms with E-state index in [2.05, 4.69) is 15.4 Å². The van der Waals surface area contributed by atoms with E-state index in [-0.39, 0.29) is 0 Å². The van der Waals surface area contributed by atoms with Crippen LogP contribution >= 0.6 is 11.8 Å². The van der Waals surface area contributed by atoms with Crippen molar-refractivity contribution in [1.82, 2.24) is 15.2 Å². The fourth-order valence-corrected chi connectivity index (χ4v) is 1.51. The summed E-state index contributed by atoms with van der Waals surface area (Å²) in [6.45, 7) is 0. The Morgan fingerprint density at radius 3 is 2.78 bits per heavy atom. The number of nitrogens with zero attached hydrogens (tertiary/aromatic N) is 2. The van der Waals surface area contributed by atoms with Gasteiger partial charge in [-0.3, -0.25) is 15.2 Å². The molecular formula is C8H12F3N5OS. The molecule has 1 amide bonds. The molecule has 0 radical (unpaired) electrons. The van der Waals surface area contributed by atoms with E-state index in [1.54, 1.807) is 5.10 Å². The van der Waals surface area contributed by atoms with E-state index in [0.717, 1.165) is 0 Å². The van der Waals surface area contributed by atoms with Gasteiger partial charge in [0.2, 0.25) is 17.7 Å². The maximum atomic E-state index is 12.2. The van der Waals surface area contributed by atoms with E-state index in [1.165, 1.54) is 11.8 Å². The maximum Gasteiger partial charge on any atom is 0.451 e. The van der Waals surface area contributed by atoms with Crippen LogP contribution in [0.25, 0.3) is 0 Å². The number of aromatic nitrogens is 3. The van der Waals surface area contributed by atoms with Crippen LogP contribution in [0.3, 0.4) is 0 Å². The van der Waals surface area contributed by atoms with Gasteiger partial charge in [-0.1, -0.05) is 0 Å². The van der Waals surface area contributed by atoms with Gasteiger partial charge >= 0.3 is 6.18 Å². The van der Waals surface area contributed by atoms with E-state index < -0.39 is 29.9 Å². The molecule has 1 aromatic heterocycles. The molecule has 0 spiro atoms. The Morgan fingerprint density at radius 2 is 2.28 bits per heavy atom. The summed E-state index contributed by atoms with van der Waals surface area (Å²) in [6.07, 6.45) is -2.35. The fraction of sp³-hybridized carbons (Fsp3) is 0.625. The summed E-state index contributed by atoms with van der Waals surface area (Å²) in [7, 11) is 0. The van der Waals surface area contributed by atoms with Crippen molar-refractivity contribution >= 4 is 23.6 Å². The number of nitrogens with two attached hydrogens (primary N) is 1. The predicted molar refractivity (Wildman–Crippen MR) is 61.0 cm³/mol. The number of carbonyl (C=O) groups excluding carboxylic acids is 1. The molecule has 0 saturated heterocycles. The fourth-order valence-electron chi connectivity index (χ4n) is 1.02. The van der Waals surface area contributed by atoms with Crippen LogP contribution in [0.15, 0.2) is 0 Å². The van der Waals surface area contributed by atoms with Crippen molar-refractivity contribution in [2.75, 3.05) is 17.3 Å². The van der Waals surface area contributed by atoms with E-state index in [4.69, 9.17) is 5.73 Å². The smallest absolute Gasteiger partial charge is 0.320 e. The van der Waals surface area contributed by atoms with Crippen LogP contribution in [-0.4, -0.2) is 39.1 Å². The van der Waals surface area contributed by atoms with Crippen molar-refractivity contribution in [1.29, 1.82) is 0 Å². The SMILES string of the molecule is CSCCC(N)C(=O)Nc1n[nH]c(C(F)(F)F)n1. The van der Waals surface area contributed by atoms with Crippen LogP contribution in [0, 0.1) is 0 Å². The van der Waals surface area contributed by atoms with E-state index in [9.17, 15) is 18.0 Å². The minimum Gasteiger partial charge on any atom is -0.320 e. The van der Waals surface area contributed by atoms with E-state index in [0.29, 0.717) is 12.2 Å². The highest BCUT2D eigenvalue weighted by molar-refractivity contribution is 7.98. The van der Waals surface area contributed by atoms with Gasteiger partial charge in [-0.05, 0) is 18.4 Å². The summed E-state index contributed by atoms with van der Waals surface area (Å²) in [5.41, 5.74) is 5.53. The molecule has 0 aliphatic heterocycles. The number of carbonyl (C=O) groups is 1. The largest absolute Gasteiger partial charge is 0.451 e. The number of amides is 1. The molecule has 0 aliphatic rings. The molecule has 0 fully saturated rings. The summed E-state index contributed by atoms with van der Waals surface area (Å²) in [6, 6.07) is -0.801. The molecule has 1 rings (SSSR count). The first-order valence-corrected chi connectivity index (χ1v) is 6.29. The van der Waals surface area contributed by atoms with E-state index >= 15 is 0 Å². The summed E-state index contributed by atoms with van der Waals surface area (Å²) in [5, 5.41) is 7.04. The van der Waals surface area contributed by atoms with Crippen molar-refractivity contribution in [3.8, 4) is 0 Å². The van der Waals surface area contributed by atoms with Crippen LogP contribution in [0.1, 0.15) is 12.2 Å². The van der Waals surface area contributed by atoms with Crippen LogP contribution in [0.5, 0.6) is 0 Å². The Morgan fingerprint density at radius 1 is 1.61 bits per heavy atom. The minimum absolute atomic E-state index is 0.420. The normalized spacial score (nSPS) is 13.4. The van der Waals surface area contributed by atoms with Gasteiger partial charge < -0.3 is 5.73 Å². The van der Waals surface area contributed by atoms with Crippen LogP contribution < -0.4 is 11.1 Å². The van der Waals surface area contributed by atoms with Crippen molar-refractivity contribution in [2.45, 2.75) is 18.6 Å². The molecule has 0 aliphatic carbocycles. The second kappa shape index (κ2) is 6.05. The van der Waals surface area contributed by atoms with Gasteiger partial charge in [0.1, 0.15) is 0 Å². The molecule has 1 atom stereocenters. The van der Waals surface area contributed by atoms with Gasteiger partial charge in [0.15, 0.2) is 0 Å². The highest BCUT2D eigenvalue weighted by Gasteiger charge is 2.35. The lowest BCUT2D eigenvalue weighted by Crippen LogP contribution is -2.36. The monoisotopic (exact) mass is 283 g/mol. The highest BCUT2D eigenvalue weighted by Crippen LogP contribution is 2.26. The first-order valence-electron chi connectivity index (χ1n) is 4.89. The lowest BCUT2D eigenvalue weighted by molar-refractivity contribution is -0.144. The topological polar surface area (TPSA) is 96.7 Å². The second-order valence-electron chi connectivity index (χ2n) is 3.38. The zero-order valence-electron chi connectivity index (χ0n) is 9.41. The lowest BCUT2D eigenvalue weighted by Gasteiger charge is -2.08. The third-order valence-electron chi connectivity index (χ3n) is 1.96. The molecule has 102 valence electrons. The highest BCUT2D eigenvalue weighted by atomic mass is 32.2. The Hall–Kier alpha value is -1.29. The number of aromatic amines is 1. The van der Waals surface area contributed by atoms with Crippen LogP contribution in [-0.2, 0) is 11.0 Å². The second-order valence-corrected chi connectivity index (χ2v) is 4.37. The first-order chi connectivity index (χ1) is 8.34. The lowest BCUT2D eigenvalue weighted by atomic mass is 10.2. The number of H-pyrrole nitrogens is 1. The molecule has 0 bridgehead atoms. The molecule has 18 heavy (non-hydrogen) atoms. The number of halogens is 3. The van der Waals surface area contributed by atoms with Crippen molar-refractivity contribution in [3.05, 3.63) is 5.82 Å². The van der Waals surface area contributed by atoms with Crippen LogP contribution in [0.2, 0.25) is 0 Å². The number of hydrogen-bond acceptors (Lipinski definition) is 5. The van der Waals surface area contributed by atoms with Gasteiger partial charge in [-0.2, -0.15) is 29.9 Å². The molecule has 1 heterocycles. The standard InChI is InChI=1S/C8H12F3N5OS/c1-18-3-2-4(12)5(17)13-7-14-6(15-16-7)8(9,10)11/h4H,2-3,12H2,1H3,(H2,13,14,15,16,17). The minimum atomic E-state index is -4.63. The van der Waals surface area contributed by atoms with Crippen molar-refractivity contribution < 1.29 is 18.0 Å². The van der Waals surface area contributed by atoms with Crippen molar-refractivity contribution in [3.63, 3.8) is 0 Å². The summed E-state index contributed by atoms with van der Waals surface area (Å²) < 4.78 is 36.6. The summed E-state index contributed by atoms with van der Waals surface area (Å²) >= 11 is 1.51. The number of alkyl halides is 3. The first kappa shape index (κ1) is 14.8.